The predicted octanol–water partition coefficient (Wildman–Crippen LogP) is 1.47. The average Bonchev–Trinajstić information content (AvgIpc) is 2.51. The molecule has 0 radical (unpaired) electrons. The molecule has 0 fully saturated rings. The molecule has 2 N–H and O–H groups in total. The van der Waals surface area contributed by atoms with Crippen molar-refractivity contribution in [3.63, 3.8) is 0 Å². The molecular weight excluding hydrogens is 308 g/mol. The largest absolute Gasteiger partial charge is 0.403 e. The molecule has 0 amide bonds. The number of aliphatic hydroxyl groups is 2. The molecule has 1 unspecified atom stereocenters. The Kier molecular flexibility index (Phi) is 6.12. The zero-order chi connectivity index (χ0) is 18.8. The van der Waals surface area contributed by atoms with Gasteiger partial charge in [0.15, 0.2) is 0 Å². The smallest absolute Gasteiger partial charge is 0.137 e. The van der Waals surface area contributed by atoms with Gasteiger partial charge in [-0.05, 0) is 55.0 Å². The van der Waals surface area contributed by atoms with Gasteiger partial charge in [0.25, 0.3) is 0 Å². The molecule has 0 saturated carbocycles. The van der Waals surface area contributed by atoms with E-state index in [4.69, 9.17) is 4.98 Å². The van der Waals surface area contributed by atoms with E-state index >= 15 is 0 Å². The summed E-state index contributed by atoms with van der Waals surface area (Å²) in [6, 6.07) is 8.50. The number of aromatic nitrogens is 1. The highest BCUT2D eigenvalue weighted by Crippen LogP contribution is 2.32. The van der Waals surface area contributed by atoms with Crippen LogP contribution in [0.1, 0.15) is 48.7 Å². The van der Waals surface area contributed by atoms with Crippen LogP contribution in [0.2, 0.25) is 0 Å². The van der Waals surface area contributed by atoms with Gasteiger partial charge >= 0.3 is 0 Å². The van der Waals surface area contributed by atoms with E-state index in [1.54, 1.807) is 22.6 Å². The highest BCUT2D eigenvalue weighted by Gasteiger charge is 2.25. The Balaban J connectivity index is 2.75. The fourth-order valence-electron chi connectivity index (χ4n) is 3.70. The van der Waals surface area contributed by atoms with Crippen molar-refractivity contribution in [2.45, 2.75) is 58.5 Å². The van der Waals surface area contributed by atoms with E-state index in [9.17, 15) is 10.2 Å². The summed E-state index contributed by atoms with van der Waals surface area (Å²) in [4.78, 5) is 4.91. The van der Waals surface area contributed by atoms with Gasteiger partial charge in [0, 0.05) is 23.1 Å². The van der Waals surface area contributed by atoms with Gasteiger partial charge in [0.05, 0.1) is 11.8 Å². The Bertz CT molecular complexity index is 730. The van der Waals surface area contributed by atoms with Crippen LogP contribution in [0.3, 0.4) is 0 Å². The van der Waals surface area contributed by atoms with Crippen molar-refractivity contribution in [3.8, 4) is 11.3 Å². The fourth-order valence-corrected chi connectivity index (χ4v) is 3.70. The normalized spacial score (nSPS) is 13.0. The first-order valence-electron chi connectivity index (χ1n) is 9.21. The zero-order valence-electron chi connectivity index (χ0n) is 16.3. The van der Waals surface area contributed by atoms with Crippen molar-refractivity contribution in [3.05, 3.63) is 52.2 Å². The lowest BCUT2D eigenvalue weighted by Crippen LogP contribution is -2.30. The summed E-state index contributed by atoms with van der Waals surface area (Å²) in [5, 5.41) is 19.5. The summed E-state index contributed by atoms with van der Waals surface area (Å²) in [7, 11) is 3.55. The standard InChI is InChI=1S/C20H29B2NO2/c1-5-14-8-7-9-15(6-2)18(14)16-10-12(3)19(20(21,22)25)17(23-16)11-13(4)24/h7-10,13,24-25H,5-6,11,21-22H2,1-4H3. The van der Waals surface area contributed by atoms with Gasteiger partial charge in [0.2, 0.25) is 0 Å². The molecule has 0 aliphatic heterocycles. The molecule has 1 heterocycles. The van der Waals surface area contributed by atoms with Crippen molar-refractivity contribution in [1.82, 2.24) is 4.98 Å². The summed E-state index contributed by atoms with van der Waals surface area (Å²) >= 11 is 0. The van der Waals surface area contributed by atoms with Crippen LogP contribution in [0.5, 0.6) is 0 Å². The molecule has 5 heteroatoms. The minimum absolute atomic E-state index is 0.434. The van der Waals surface area contributed by atoms with E-state index < -0.39 is 11.5 Å². The lowest BCUT2D eigenvalue weighted by atomic mass is 9.60. The number of benzene rings is 1. The van der Waals surface area contributed by atoms with Gasteiger partial charge in [-0.1, -0.05) is 32.0 Å². The SMILES string of the molecule is BC(B)(O)c1c(C)cc(-c2c(CC)cccc2CC)nc1CC(C)O. The van der Waals surface area contributed by atoms with Gasteiger partial charge in [0.1, 0.15) is 15.7 Å². The first-order chi connectivity index (χ1) is 11.7. The van der Waals surface area contributed by atoms with Crippen molar-refractivity contribution >= 4 is 15.7 Å². The van der Waals surface area contributed by atoms with Crippen molar-refractivity contribution < 1.29 is 10.2 Å². The average molecular weight is 337 g/mol. The maximum Gasteiger partial charge on any atom is 0.137 e. The molecule has 0 bridgehead atoms. The summed E-state index contributed by atoms with van der Waals surface area (Å²) in [5.74, 6) is 0. The van der Waals surface area contributed by atoms with Crippen LogP contribution in [0.15, 0.2) is 24.3 Å². The van der Waals surface area contributed by atoms with Gasteiger partial charge in [-0.3, -0.25) is 4.98 Å². The van der Waals surface area contributed by atoms with Crippen LogP contribution < -0.4 is 0 Å². The quantitative estimate of drug-likeness (QED) is 0.785. The Morgan fingerprint density at radius 2 is 1.72 bits per heavy atom. The Labute approximate surface area is 153 Å². The second kappa shape index (κ2) is 7.76. The van der Waals surface area contributed by atoms with E-state index in [1.165, 1.54) is 16.7 Å². The summed E-state index contributed by atoms with van der Waals surface area (Å²) in [5.41, 5.74) is 7.33. The highest BCUT2D eigenvalue weighted by atomic mass is 16.3. The molecule has 0 aliphatic rings. The lowest BCUT2D eigenvalue weighted by Gasteiger charge is -2.26. The minimum atomic E-state index is -0.988. The highest BCUT2D eigenvalue weighted by molar-refractivity contribution is 6.38. The third kappa shape index (κ3) is 4.34. The maximum absolute atomic E-state index is 10.6. The predicted molar refractivity (Wildman–Crippen MR) is 110 cm³/mol. The Morgan fingerprint density at radius 1 is 1.16 bits per heavy atom. The zero-order valence-corrected chi connectivity index (χ0v) is 16.3. The fraction of sp³-hybridized carbons (Fsp3) is 0.450. The second-order valence-corrected chi connectivity index (χ2v) is 7.42. The van der Waals surface area contributed by atoms with Crippen LogP contribution in [0, 0.1) is 6.92 Å². The number of aliphatic hydroxyl groups excluding tert-OH is 1. The Hall–Kier alpha value is -1.58. The molecule has 1 atom stereocenters. The van der Waals surface area contributed by atoms with E-state index in [0.29, 0.717) is 6.42 Å². The van der Waals surface area contributed by atoms with Crippen LogP contribution >= 0.6 is 0 Å². The van der Waals surface area contributed by atoms with Gasteiger partial charge in [-0.25, -0.2) is 0 Å². The molecule has 132 valence electrons. The minimum Gasteiger partial charge on any atom is -0.403 e. The number of aryl methyl sites for hydroxylation is 3. The van der Waals surface area contributed by atoms with Gasteiger partial charge in [-0.2, -0.15) is 0 Å². The first kappa shape index (κ1) is 19.7. The third-order valence-electron chi connectivity index (χ3n) is 4.65. The van der Waals surface area contributed by atoms with Gasteiger partial charge in [-0.15, -0.1) is 0 Å². The number of nitrogens with zero attached hydrogens (tertiary/aromatic N) is 1. The topological polar surface area (TPSA) is 53.4 Å². The van der Waals surface area contributed by atoms with Crippen LogP contribution in [-0.2, 0) is 24.7 Å². The third-order valence-corrected chi connectivity index (χ3v) is 4.65. The molecule has 0 spiro atoms. The molecule has 0 saturated heterocycles. The molecule has 2 rings (SSSR count). The van der Waals surface area contributed by atoms with E-state index in [1.807, 2.05) is 6.92 Å². The molecular formula is C20H29B2NO2. The maximum atomic E-state index is 10.6. The molecule has 25 heavy (non-hydrogen) atoms. The molecule has 1 aromatic heterocycles. The van der Waals surface area contributed by atoms with Crippen molar-refractivity contribution in [2.75, 3.05) is 0 Å². The summed E-state index contributed by atoms with van der Waals surface area (Å²) < 4.78 is 0. The molecule has 2 aromatic rings. The summed E-state index contributed by atoms with van der Waals surface area (Å²) in [6.45, 7) is 8.10. The molecule has 0 aliphatic carbocycles. The van der Waals surface area contributed by atoms with Crippen LogP contribution in [-0.4, -0.2) is 37.0 Å². The Morgan fingerprint density at radius 3 is 2.16 bits per heavy atom. The van der Waals surface area contributed by atoms with E-state index in [-0.39, 0.29) is 0 Å². The number of hydrogen-bond acceptors (Lipinski definition) is 3. The monoisotopic (exact) mass is 337 g/mol. The number of rotatable bonds is 6. The van der Waals surface area contributed by atoms with E-state index in [0.717, 1.165) is 35.4 Å². The van der Waals surface area contributed by atoms with Crippen molar-refractivity contribution in [1.29, 1.82) is 0 Å². The van der Waals surface area contributed by atoms with Crippen LogP contribution in [0.4, 0.5) is 0 Å². The lowest BCUT2D eigenvalue weighted by molar-refractivity contribution is 0.188. The van der Waals surface area contributed by atoms with Crippen LogP contribution in [0.25, 0.3) is 11.3 Å². The number of hydrogen-bond donors (Lipinski definition) is 2. The van der Waals surface area contributed by atoms with Gasteiger partial charge < -0.3 is 10.2 Å². The number of pyridine rings is 1. The van der Waals surface area contributed by atoms with Crippen molar-refractivity contribution in [2.24, 2.45) is 0 Å². The first-order valence-corrected chi connectivity index (χ1v) is 9.21. The van der Waals surface area contributed by atoms with E-state index in [2.05, 4.69) is 38.1 Å². The summed E-state index contributed by atoms with van der Waals surface area (Å²) in [6.07, 6.45) is 1.82. The molecule has 3 nitrogen and oxygen atoms in total. The second-order valence-electron chi connectivity index (χ2n) is 7.42. The molecule has 1 aromatic carbocycles.